The molecule has 6 nitrogen and oxygen atoms in total. The van der Waals surface area contributed by atoms with Crippen molar-refractivity contribution in [2.75, 3.05) is 11.5 Å². The van der Waals surface area contributed by atoms with Crippen molar-refractivity contribution in [2.45, 2.75) is 78.7 Å². The number of hydrogen-bond acceptors (Lipinski definition) is 4. The average Bonchev–Trinajstić information content (AvgIpc) is 3.03. The third-order valence-corrected chi connectivity index (χ3v) is 5.47. The molecule has 2 aromatic heterocycles. The third kappa shape index (κ3) is 3.77. The minimum atomic E-state index is -0.348. The number of hydrogen-bond donors (Lipinski definition) is 0. The van der Waals surface area contributed by atoms with Crippen LogP contribution in [0.15, 0.2) is 12.1 Å². The monoisotopic (exact) mass is 385 g/mol. The van der Waals surface area contributed by atoms with Crippen LogP contribution in [0.1, 0.15) is 87.5 Å². The fraction of sp³-hybridized carbons (Fsp3) is 0.591. The number of aryl methyl sites for hydroxylation is 1. The highest BCUT2D eigenvalue weighted by Gasteiger charge is 2.31. The fourth-order valence-electron chi connectivity index (χ4n) is 4.23. The van der Waals surface area contributed by atoms with Gasteiger partial charge in [0.05, 0.1) is 17.9 Å². The molecule has 1 amide bonds. The summed E-state index contributed by atoms with van der Waals surface area (Å²) in [4.78, 5) is 31.8. The van der Waals surface area contributed by atoms with Gasteiger partial charge in [-0.05, 0) is 44.7 Å². The molecule has 28 heavy (non-hydrogen) atoms. The Morgan fingerprint density at radius 2 is 1.93 bits per heavy atom. The third-order valence-electron chi connectivity index (χ3n) is 5.47. The molecule has 0 spiro atoms. The Bertz CT molecular complexity index is 879. The first kappa shape index (κ1) is 20.4. The molecule has 1 saturated carbocycles. The fourth-order valence-corrected chi connectivity index (χ4v) is 4.23. The van der Waals surface area contributed by atoms with E-state index in [4.69, 9.17) is 9.72 Å². The second-order valence-electron chi connectivity index (χ2n) is 7.96. The maximum atomic E-state index is 12.7. The van der Waals surface area contributed by atoms with Crippen molar-refractivity contribution in [3.8, 4) is 0 Å². The van der Waals surface area contributed by atoms with E-state index in [1.807, 2.05) is 22.3 Å². The van der Waals surface area contributed by atoms with Gasteiger partial charge in [-0.15, -0.1) is 0 Å². The molecule has 0 bridgehead atoms. The van der Waals surface area contributed by atoms with E-state index in [9.17, 15) is 9.59 Å². The molecular weight excluding hydrogens is 354 g/mol. The van der Waals surface area contributed by atoms with Crippen LogP contribution in [0.25, 0.3) is 5.65 Å². The number of amides is 1. The van der Waals surface area contributed by atoms with Crippen LogP contribution in [0.5, 0.6) is 0 Å². The van der Waals surface area contributed by atoms with Crippen molar-refractivity contribution in [2.24, 2.45) is 0 Å². The van der Waals surface area contributed by atoms with Gasteiger partial charge in [-0.25, -0.2) is 9.78 Å². The van der Waals surface area contributed by atoms with Gasteiger partial charge in [0, 0.05) is 18.7 Å². The average molecular weight is 386 g/mol. The van der Waals surface area contributed by atoms with Crippen LogP contribution < -0.4 is 4.90 Å². The number of pyridine rings is 1. The van der Waals surface area contributed by atoms with Gasteiger partial charge in [0.1, 0.15) is 11.5 Å². The molecule has 6 heteroatoms. The summed E-state index contributed by atoms with van der Waals surface area (Å²) in [7, 11) is 0. The highest BCUT2D eigenvalue weighted by molar-refractivity contribution is 5.94. The zero-order chi connectivity index (χ0) is 20.4. The molecule has 0 saturated heterocycles. The minimum absolute atomic E-state index is 0.0458. The van der Waals surface area contributed by atoms with Gasteiger partial charge in [-0.3, -0.25) is 14.1 Å². The second-order valence-corrected chi connectivity index (χ2v) is 7.96. The first-order valence-corrected chi connectivity index (χ1v) is 10.3. The first-order valence-electron chi connectivity index (χ1n) is 10.3. The molecular formula is C22H31N3O3. The largest absolute Gasteiger partial charge is 0.462 e. The molecule has 0 radical (unpaired) electrons. The molecule has 0 aliphatic heterocycles. The van der Waals surface area contributed by atoms with Crippen molar-refractivity contribution in [3.63, 3.8) is 0 Å². The first-order chi connectivity index (χ1) is 13.3. The Hall–Kier alpha value is -2.37. The Balaban J connectivity index is 2.20. The van der Waals surface area contributed by atoms with Crippen LogP contribution in [-0.2, 0) is 9.53 Å². The second kappa shape index (κ2) is 8.33. The van der Waals surface area contributed by atoms with E-state index >= 15 is 0 Å². The number of nitrogens with zero attached hydrogens (tertiary/aromatic N) is 3. The van der Waals surface area contributed by atoms with Crippen LogP contribution in [0.3, 0.4) is 0 Å². The van der Waals surface area contributed by atoms with Crippen LogP contribution in [0.2, 0.25) is 0 Å². The van der Waals surface area contributed by atoms with Crippen molar-refractivity contribution in [3.05, 3.63) is 29.1 Å². The summed E-state index contributed by atoms with van der Waals surface area (Å²) in [6, 6.07) is 3.78. The Labute approximate surface area is 166 Å². The molecule has 152 valence electrons. The minimum Gasteiger partial charge on any atom is -0.462 e. The van der Waals surface area contributed by atoms with Gasteiger partial charge in [0.2, 0.25) is 5.91 Å². The number of rotatable bonds is 5. The number of anilines is 1. The quantitative estimate of drug-likeness (QED) is 0.704. The standard InChI is InChI=1S/C22H31N3O3/c1-6-28-22(27)17-12-15(4)24-19(13-17)23-20(14(2)3)21(24)25(16(5)26)18-10-8-7-9-11-18/h12-14,18H,6-11H2,1-5H3. The van der Waals surface area contributed by atoms with E-state index in [0.717, 1.165) is 42.9 Å². The summed E-state index contributed by atoms with van der Waals surface area (Å²) in [5.41, 5.74) is 2.94. The summed E-state index contributed by atoms with van der Waals surface area (Å²) < 4.78 is 7.18. The number of ether oxygens (including phenoxy) is 1. The topological polar surface area (TPSA) is 63.9 Å². The van der Waals surface area contributed by atoms with E-state index in [1.165, 1.54) is 6.42 Å². The SMILES string of the molecule is CCOC(=O)c1cc(C)n2c(N(C(C)=O)C3CCCCC3)c(C(C)C)nc2c1. The van der Waals surface area contributed by atoms with E-state index in [2.05, 4.69) is 13.8 Å². The lowest BCUT2D eigenvalue weighted by molar-refractivity contribution is -0.117. The maximum absolute atomic E-state index is 12.7. The molecule has 0 unspecified atom stereocenters. The highest BCUT2D eigenvalue weighted by atomic mass is 16.5. The van der Waals surface area contributed by atoms with Crippen LogP contribution in [-0.4, -0.2) is 33.9 Å². The van der Waals surface area contributed by atoms with Crippen LogP contribution in [0, 0.1) is 6.92 Å². The van der Waals surface area contributed by atoms with Gasteiger partial charge < -0.3 is 4.74 Å². The maximum Gasteiger partial charge on any atom is 0.338 e. The number of imidazole rings is 1. The van der Waals surface area contributed by atoms with Gasteiger partial charge in [-0.2, -0.15) is 0 Å². The number of carbonyl (C=O) groups excluding carboxylic acids is 2. The van der Waals surface area contributed by atoms with Gasteiger partial charge >= 0.3 is 5.97 Å². The molecule has 0 aromatic carbocycles. The van der Waals surface area contributed by atoms with Crippen molar-refractivity contribution in [1.82, 2.24) is 9.38 Å². The van der Waals surface area contributed by atoms with Crippen molar-refractivity contribution in [1.29, 1.82) is 0 Å². The zero-order valence-electron chi connectivity index (χ0n) is 17.6. The Morgan fingerprint density at radius 1 is 1.25 bits per heavy atom. The zero-order valence-corrected chi connectivity index (χ0v) is 17.6. The summed E-state index contributed by atoms with van der Waals surface area (Å²) >= 11 is 0. The number of fused-ring (bicyclic) bond motifs is 1. The molecule has 1 fully saturated rings. The normalized spacial score (nSPS) is 15.2. The molecule has 2 heterocycles. The van der Waals surface area contributed by atoms with Crippen molar-refractivity contribution < 1.29 is 14.3 Å². The molecule has 0 atom stereocenters. The molecule has 0 N–H and O–H groups in total. The molecule has 3 rings (SSSR count). The smallest absolute Gasteiger partial charge is 0.338 e. The number of aromatic nitrogens is 2. The lowest BCUT2D eigenvalue weighted by Crippen LogP contribution is -2.41. The molecule has 1 aliphatic rings. The van der Waals surface area contributed by atoms with E-state index in [0.29, 0.717) is 17.8 Å². The lowest BCUT2D eigenvalue weighted by atomic mass is 9.93. The Kier molecular flexibility index (Phi) is 6.06. The lowest BCUT2D eigenvalue weighted by Gasteiger charge is -2.34. The predicted octanol–water partition coefficient (Wildman–Crippen LogP) is 4.63. The summed E-state index contributed by atoms with van der Waals surface area (Å²) in [6.45, 7) is 9.89. The van der Waals surface area contributed by atoms with Crippen LogP contribution >= 0.6 is 0 Å². The summed E-state index contributed by atoms with van der Waals surface area (Å²) in [6.07, 6.45) is 5.56. The van der Waals surface area contributed by atoms with Gasteiger partial charge in [0.25, 0.3) is 0 Å². The number of esters is 1. The van der Waals surface area contributed by atoms with Crippen molar-refractivity contribution >= 4 is 23.3 Å². The van der Waals surface area contributed by atoms with E-state index in [-0.39, 0.29) is 23.8 Å². The Morgan fingerprint density at radius 3 is 2.50 bits per heavy atom. The van der Waals surface area contributed by atoms with E-state index < -0.39 is 0 Å². The number of carbonyl (C=O) groups is 2. The molecule has 2 aromatic rings. The summed E-state index contributed by atoms with van der Waals surface area (Å²) in [5.74, 6) is 0.715. The summed E-state index contributed by atoms with van der Waals surface area (Å²) in [5, 5.41) is 0. The predicted molar refractivity (Wildman–Crippen MR) is 110 cm³/mol. The van der Waals surface area contributed by atoms with Crippen LogP contribution in [0.4, 0.5) is 5.82 Å². The molecule has 1 aliphatic carbocycles. The van der Waals surface area contributed by atoms with Gasteiger partial charge in [0.15, 0.2) is 0 Å². The van der Waals surface area contributed by atoms with Gasteiger partial charge in [-0.1, -0.05) is 33.1 Å². The highest BCUT2D eigenvalue weighted by Crippen LogP contribution is 2.35. The van der Waals surface area contributed by atoms with E-state index in [1.54, 1.807) is 19.9 Å².